The van der Waals surface area contributed by atoms with Crippen molar-refractivity contribution in [3.05, 3.63) is 84.4 Å². The van der Waals surface area contributed by atoms with Gasteiger partial charge in [0.2, 0.25) is 5.91 Å². The van der Waals surface area contributed by atoms with E-state index in [1.807, 2.05) is 42.6 Å². The number of carbonyl (C=O) groups excluding carboxylic acids is 2. The van der Waals surface area contributed by atoms with Crippen molar-refractivity contribution in [2.75, 3.05) is 10.3 Å². The zero-order valence-corrected chi connectivity index (χ0v) is 17.8. The van der Waals surface area contributed by atoms with E-state index < -0.39 is 23.7 Å². The molecule has 3 N–H and O–H groups in total. The lowest BCUT2D eigenvalue weighted by molar-refractivity contribution is -0.119. The number of anilines is 2. The number of nitrogens with one attached hydrogen (secondary N) is 1. The number of benzene rings is 2. The number of amides is 2. The minimum absolute atomic E-state index is 0.0671. The number of halogens is 1. The standard InChI is InChI=1S/C23H20FN5O2S/c24-16-3-7-18(8-4-16)29-21(22(25)30)12-20(28-29)23(31)27-17-5-9-19(10-6-17)32-14-15-2-1-11-26-13-15/h1-11,13,21H,12,14H2,(H2,25,30)(H,27,31)/t21-/m1/s1. The molecule has 32 heavy (non-hydrogen) atoms. The van der Waals surface area contributed by atoms with Crippen LogP contribution in [0.3, 0.4) is 0 Å². The zero-order valence-electron chi connectivity index (χ0n) is 16.9. The molecule has 0 saturated heterocycles. The second-order valence-electron chi connectivity index (χ2n) is 7.12. The number of hydrazone groups is 1. The predicted octanol–water partition coefficient (Wildman–Crippen LogP) is 3.57. The summed E-state index contributed by atoms with van der Waals surface area (Å²) in [5.74, 6) is -0.649. The summed E-state index contributed by atoms with van der Waals surface area (Å²) in [4.78, 5) is 29.8. The molecule has 0 saturated carbocycles. The zero-order chi connectivity index (χ0) is 22.5. The van der Waals surface area contributed by atoms with Gasteiger partial charge in [-0.05, 0) is 60.2 Å². The van der Waals surface area contributed by atoms with E-state index in [0.717, 1.165) is 16.2 Å². The average Bonchev–Trinajstić information content (AvgIpc) is 3.26. The molecule has 7 nitrogen and oxygen atoms in total. The normalized spacial score (nSPS) is 15.3. The third-order valence-electron chi connectivity index (χ3n) is 4.83. The van der Waals surface area contributed by atoms with Gasteiger partial charge in [-0.25, -0.2) is 4.39 Å². The molecule has 3 aromatic rings. The number of hydrogen-bond acceptors (Lipinski definition) is 6. The number of thioether (sulfide) groups is 1. The Morgan fingerprint density at radius 2 is 1.88 bits per heavy atom. The highest BCUT2D eigenvalue weighted by Crippen LogP contribution is 2.26. The van der Waals surface area contributed by atoms with Crippen molar-refractivity contribution < 1.29 is 14.0 Å². The fraction of sp³-hybridized carbons (Fsp3) is 0.130. The van der Waals surface area contributed by atoms with Crippen molar-refractivity contribution in [2.45, 2.75) is 23.1 Å². The first-order chi connectivity index (χ1) is 15.5. The highest BCUT2D eigenvalue weighted by Gasteiger charge is 2.35. The first kappa shape index (κ1) is 21.5. The SMILES string of the molecule is NC(=O)[C@H]1CC(C(=O)Nc2ccc(SCc3cccnc3)cc2)=NN1c1ccc(F)cc1. The molecule has 2 heterocycles. The van der Waals surface area contributed by atoms with E-state index in [4.69, 9.17) is 5.73 Å². The smallest absolute Gasteiger partial charge is 0.271 e. The molecule has 2 aromatic carbocycles. The average molecular weight is 450 g/mol. The number of pyridine rings is 1. The number of primary amides is 1. The molecule has 1 aromatic heterocycles. The van der Waals surface area contributed by atoms with Crippen LogP contribution < -0.4 is 16.1 Å². The molecule has 0 radical (unpaired) electrons. The lowest BCUT2D eigenvalue weighted by atomic mass is 10.1. The Morgan fingerprint density at radius 1 is 1.12 bits per heavy atom. The van der Waals surface area contributed by atoms with Crippen LogP contribution in [0.2, 0.25) is 0 Å². The summed E-state index contributed by atoms with van der Waals surface area (Å²) in [6.07, 6.45) is 3.64. The summed E-state index contributed by atoms with van der Waals surface area (Å²) < 4.78 is 13.2. The van der Waals surface area contributed by atoms with Crippen LogP contribution in [0.15, 0.2) is 83.1 Å². The van der Waals surface area contributed by atoms with Crippen molar-refractivity contribution >= 4 is 40.7 Å². The van der Waals surface area contributed by atoms with Gasteiger partial charge in [-0.2, -0.15) is 5.10 Å². The molecule has 0 spiro atoms. The minimum atomic E-state index is -0.813. The maximum atomic E-state index is 13.2. The third-order valence-corrected chi connectivity index (χ3v) is 5.92. The van der Waals surface area contributed by atoms with E-state index in [0.29, 0.717) is 11.4 Å². The van der Waals surface area contributed by atoms with Gasteiger partial charge in [0.05, 0.1) is 5.69 Å². The highest BCUT2D eigenvalue weighted by molar-refractivity contribution is 7.98. The Hall–Kier alpha value is -3.72. The molecule has 9 heteroatoms. The summed E-state index contributed by atoms with van der Waals surface area (Å²) in [6, 6.07) is 16.1. The molecule has 1 aliphatic heterocycles. The highest BCUT2D eigenvalue weighted by atomic mass is 32.2. The number of aromatic nitrogens is 1. The third kappa shape index (κ3) is 5.12. The van der Waals surface area contributed by atoms with Crippen molar-refractivity contribution in [2.24, 2.45) is 10.8 Å². The Balaban J connectivity index is 1.41. The second kappa shape index (κ2) is 9.61. The van der Waals surface area contributed by atoms with Gasteiger partial charge in [0, 0.05) is 35.2 Å². The molecule has 0 unspecified atom stereocenters. The number of nitrogens with zero attached hydrogens (tertiary/aromatic N) is 3. The van der Waals surface area contributed by atoms with Gasteiger partial charge in [0.1, 0.15) is 17.6 Å². The van der Waals surface area contributed by atoms with Crippen LogP contribution in [0.1, 0.15) is 12.0 Å². The minimum Gasteiger partial charge on any atom is -0.368 e. The van der Waals surface area contributed by atoms with Crippen LogP contribution >= 0.6 is 11.8 Å². The van der Waals surface area contributed by atoms with Crippen LogP contribution in [0.4, 0.5) is 15.8 Å². The van der Waals surface area contributed by atoms with E-state index in [-0.39, 0.29) is 12.1 Å². The second-order valence-corrected chi connectivity index (χ2v) is 8.17. The molecule has 2 amide bonds. The number of rotatable bonds is 7. The predicted molar refractivity (Wildman–Crippen MR) is 123 cm³/mol. The van der Waals surface area contributed by atoms with E-state index in [9.17, 15) is 14.0 Å². The number of carbonyl (C=O) groups is 2. The van der Waals surface area contributed by atoms with Gasteiger partial charge in [0.25, 0.3) is 5.91 Å². The molecule has 0 aliphatic carbocycles. The van der Waals surface area contributed by atoms with Gasteiger partial charge in [-0.3, -0.25) is 19.6 Å². The van der Waals surface area contributed by atoms with E-state index >= 15 is 0 Å². The van der Waals surface area contributed by atoms with Gasteiger partial charge < -0.3 is 11.1 Å². The Kier molecular flexibility index (Phi) is 6.46. The fourth-order valence-electron chi connectivity index (χ4n) is 3.19. The van der Waals surface area contributed by atoms with Crippen LogP contribution in [-0.2, 0) is 15.3 Å². The van der Waals surface area contributed by atoms with Gasteiger partial charge in [0.15, 0.2) is 0 Å². The largest absolute Gasteiger partial charge is 0.368 e. The van der Waals surface area contributed by atoms with Crippen molar-refractivity contribution in [3.63, 3.8) is 0 Å². The Bertz CT molecular complexity index is 1140. The van der Waals surface area contributed by atoms with Crippen molar-refractivity contribution in [1.82, 2.24) is 4.98 Å². The first-order valence-corrected chi connectivity index (χ1v) is 10.8. The summed E-state index contributed by atoms with van der Waals surface area (Å²) in [7, 11) is 0. The maximum absolute atomic E-state index is 13.2. The molecular formula is C23H20FN5O2S. The van der Waals surface area contributed by atoms with Gasteiger partial charge in [-0.1, -0.05) is 6.07 Å². The number of nitrogens with two attached hydrogens (primary N) is 1. The van der Waals surface area contributed by atoms with Crippen LogP contribution in [0, 0.1) is 5.82 Å². The molecular weight excluding hydrogens is 429 g/mol. The number of hydrogen-bond donors (Lipinski definition) is 2. The van der Waals surface area contributed by atoms with Crippen molar-refractivity contribution in [3.8, 4) is 0 Å². The van der Waals surface area contributed by atoms with Crippen LogP contribution in [0.25, 0.3) is 0 Å². The van der Waals surface area contributed by atoms with Crippen molar-refractivity contribution in [1.29, 1.82) is 0 Å². The van der Waals surface area contributed by atoms with Crippen LogP contribution in [0.5, 0.6) is 0 Å². The summed E-state index contributed by atoms with van der Waals surface area (Å²) in [5.41, 5.74) is 7.88. The Morgan fingerprint density at radius 3 is 2.53 bits per heavy atom. The lowest BCUT2D eigenvalue weighted by Crippen LogP contribution is -2.39. The molecule has 4 rings (SSSR count). The van der Waals surface area contributed by atoms with E-state index in [1.165, 1.54) is 29.3 Å². The topological polar surface area (TPSA) is 101 Å². The Labute approximate surface area is 188 Å². The summed E-state index contributed by atoms with van der Waals surface area (Å²) in [5, 5.41) is 8.43. The molecule has 0 fully saturated rings. The molecule has 0 bridgehead atoms. The molecule has 1 atom stereocenters. The lowest BCUT2D eigenvalue weighted by Gasteiger charge is -2.20. The quantitative estimate of drug-likeness (QED) is 0.537. The summed E-state index contributed by atoms with van der Waals surface area (Å²) >= 11 is 1.67. The van der Waals surface area contributed by atoms with Crippen LogP contribution in [-0.4, -0.2) is 28.6 Å². The monoisotopic (exact) mass is 449 g/mol. The first-order valence-electron chi connectivity index (χ1n) is 9.84. The van der Waals surface area contributed by atoms with Gasteiger partial charge >= 0.3 is 0 Å². The van der Waals surface area contributed by atoms with E-state index in [2.05, 4.69) is 15.4 Å². The molecule has 1 aliphatic rings. The fourth-order valence-corrected chi connectivity index (χ4v) is 4.02. The molecule has 162 valence electrons. The van der Waals surface area contributed by atoms with E-state index in [1.54, 1.807) is 18.0 Å². The summed E-state index contributed by atoms with van der Waals surface area (Å²) in [6.45, 7) is 0. The maximum Gasteiger partial charge on any atom is 0.271 e. The van der Waals surface area contributed by atoms with Gasteiger partial charge in [-0.15, -0.1) is 11.8 Å².